The van der Waals surface area contributed by atoms with Crippen LogP contribution in [0.25, 0.3) is 0 Å². The number of phenolic OH excluding ortho intramolecular Hbond substituents is 1. The maximum atomic E-state index is 12.2. The van der Waals surface area contributed by atoms with E-state index in [-0.39, 0.29) is 28.3 Å². The first-order valence-electron chi connectivity index (χ1n) is 6.72. The minimum Gasteiger partial charge on any atom is -0.504 e. The molecular formula is C16H13NO7. The third-order valence-electron chi connectivity index (χ3n) is 3.20. The number of nitrogens with zero attached hydrogens (tertiary/aromatic N) is 1. The van der Waals surface area contributed by atoms with E-state index < -0.39 is 22.4 Å². The number of Topliss-reactive ketones (excluding diaryl/α,β-unsaturated/α-hetero) is 1. The van der Waals surface area contributed by atoms with E-state index in [1.54, 1.807) is 0 Å². The van der Waals surface area contributed by atoms with E-state index in [2.05, 4.69) is 0 Å². The van der Waals surface area contributed by atoms with E-state index in [9.17, 15) is 24.8 Å². The van der Waals surface area contributed by atoms with Gasteiger partial charge in [0.15, 0.2) is 17.3 Å². The number of nitro benzene ring substituents is 1. The zero-order valence-corrected chi connectivity index (χ0v) is 12.8. The van der Waals surface area contributed by atoms with Gasteiger partial charge in [-0.25, -0.2) is 4.79 Å². The molecule has 0 radical (unpaired) electrons. The van der Waals surface area contributed by atoms with Crippen LogP contribution in [-0.4, -0.2) is 28.9 Å². The first-order valence-corrected chi connectivity index (χ1v) is 6.72. The van der Waals surface area contributed by atoms with Crippen LogP contribution in [0.3, 0.4) is 0 Å². The van der Waals surface area contributed by atoms with Crippen LogP contribution in [0.4, 0.5) is 5.69 Å². The van der Waals surface area contributed by atoms with Crippen molar-refractivity contribution in [3.05, 3.63) is 57.6 Å². The number of ketones is 1. The van der Waals surface area contributed by atoms with Crippen LogP contribution in [0.1, 0.15) is 27.6 Å². The van der Waals surface area contributed by atoms with Gasteiger partial charge in [-0.1, -0.05) is 0 Å². The lowest BCUT2D eigenvalue weighted by atomic mass is 10.1. The van der Waals surface area contributed by atoms with Crippen LogP contribution in [0.5, 0.6) is 17.2 Å². The fourth-order valence-electron chi connectivity index (χ4n) is 1.97. The van der Waals surface area contributed by atoms with Gasteiger partial charge in [0.05, 0.1) is 23.2 Å². The summed E-state index contributed by atoms with van der Waals surface area (Å²) in [5.74, 6) is -2.03. The number of carbonyl (C=O) groups is 2. The highest BCUT2D eigenvalue weighted by atomic mass is 16.6. The van der Waals surface area contributed by atoms with Crippen molar-refractivity contribution in [3.63, 3.8) is 0 Å². The van der Waals surface area contributed by atoms with Crippen LogP contribution >= 0.6 is 0 Å². The van der Waals surface area contributed by atoms with Crippen molar-refractivity contribution >= 4 is 17.4 Å². The van der Waals surface area contributed by atoms with Crippen molar-refractivity contribution in [3.8, 4) is 17.2 Å². The lowest BCUT2D eigenvalue weighted by Gasteiger charge is -2.12. The molecule has 0 saturated carbocycles. The molecule has 0 fully saturated rings. The molecule has 2 aromatic carbocycles. The Labute approximate surface area is 136 Å². The van der Waals surface area contributed by atoms with Gasteiger partial charge >= 0.3 is 5.97 Å². The van der Waals surface area contributed by atoms with Gasteiger partial charge in [0.25, 0.3) is 5.69 Å². The number of esters is 1. The Morgan fingerprint density at radius 3 is 2.25 bits per heavy atom. The lowest BCUT2D eigenvalue weighted by Crippen LogP contribution is -2.10. The molecule has 0 aromatic heterocycles. The van der Waals surface area contributed by atoms with E-state index in [4.69, 9.17) is 9.47 Å². The van der Waals surface area contributed by atoms with Crippen molar-refractivity contribution in [2.24, 2.45) is 0 Å². The summed E-state index contributed by atoms with van der Waals surface area (Å²) >= 11 is 0. The van der Waals surface area contributed by atoms with Crippen molar-refractivity contribution in [1.82, 2.24) is 0 Å². The molecule has 0 amide bonds. The standard InChI is InChI=1S/C16H13NO7/c1-9(18)12-7-8-13(23-2)15(14(12)19)24-16(20)10-3-5-11(6-4-10)17(21)22/h3-8,19H,1-2H3. The van der Waals surface area contributed by atoms with Gasteiger partial charge in [0.2, 0.25) is 5.75 Å². The van der Waals surface area contributed by atoms with Gasteiger partial charge in [0.1, 0.15) is 0 Å². The molecule has 8 heteroatoms. The second-order valence-corrected chi connectivity index (χ2v) is 4.74. The SMILES string of the molecule is COc1ccc(C(C)=O)c(O)c1OC(=O)c1ccc([N+](=O)[O-])cc1. The van der Waals surface area contributed by atoms with Crippen LogP contribution in [0.15, 0.2) is 36.4 Å². The summed E-state index contributed by atoms with van der Waals surface area (Å²) < 4.78 is 10.1. The van der Waals surface area contributed by atoms with Crippen LogP contribution in [0.2, 0.25) is 0 Å². The number of rotatable bonds is 5. The summed E-state index contributed by atoms with van der Waals surface area (Å²) in [6, 6.07) is 7.48. The molecule has 0 aliphatic rings. The molecule has 2 aromatic rings. The molecule has 2 rings (SSSR count). The quantitative estimate of drug-likeness (QED) is 0.294. The smallest absolute Gasteiger partial charge is 0.343 e. The molecule has 0 spiro atoms. The average Bonchev–Trinajstić information content (AvgIpc) is 2.56. The molecule has 8 nitrogen and oxygen atoms in total. The normalized spacial score (nSPS) is 10.1. The van der Waals surface area contributed by atoms with Gasteiger partial charge in [-0.3, -0.25) is 14.9 Å². The number of methoxy groups -OCH3 is 1. The topological polar surface area (TPSA) is 116 Å². The van der Waals surface area contributed by atoms with Gasteiger partial charge in [-0.2, -0.15) is 0 Å². The number of carbonyl (C=O) groups excluding carboxylic acids is 2. The first-order chi connectivity index (χ1) is 11.3. The molecule has 124 valence electrons. The summed E-state index contributed by atoms with van der Waals surface area (Å²) in [7, 11) is 1.31. The summed E-state index contributed by atoms with van der Waals surface area (Å²) in [5.41, 5.74) is -0.164. The summed E-state index contributed by atoms with van der Waals surface area (Å²) in [4.78, 5) is 33.6. The molecule has 0 bridgehead atoms. The maximum absolute atomic E-state index is 12.2. The summed E-state index contributed by atoms with van der Waals surface area (Å²) in [6.07, 6.45) is 0. The molecule has 24 heavy (non-hydrogen) atoms. The Hall–Kier alpha value is -3.42. The number of non-ortho nitro benzene ring substituents is 1. The maximum Gasteiger partial charge on any atom is 0.343 e. The molecule has 0 saturated heterocycles. The van der Waals surface area contributed by atoms with Gasteiger partial charge in [-0.05, 0) is 31.2 Å². The number of aromatic hydroxyl groups is 1. The third kappa shape index (κ3) is 3.32. The lowest BCUT2D eigenvalue weighted by molar-refractivity contribution is -0.384. The summed E-state index contributed by atoms with van der Waals surface area (Å²) in [5, 5.41) is 20.7. The van der Waals surface area contributed by atoms with Crippen molar-refractivity contribution in [2.45, 2.75) is 6.92 Å². The van der Waals surface area contributed by atoms with Gasteiger partial charge in [0, 0.05) is 12.1 Å². The van der Waals surface area contributed by atoms with E-state index >= 15 is 0 Å². The Morgan fingerprint density at radius 2 is 1.75 bits per heavy atom. The van der Waals surface area contributed by atoms with Gasteiger partial charge in [-0.15, -0.1) is 0 Å². The van der Waals surface area contributed by atoms with Gasteiger partial charge < -0.3 is 14.6 Å². The predicted molar refractivity (Wildman–Crippen MR) is 82.7 cm³/mol. The largest absolute Gasteiger partial charge is 0.504 e. The highest BCUT2D eigenvalue weighted by Gasteiger charge is 2.21. The Balaban J connectivity index is 2.35. The van der Waals surface area contributed by atoms with Crippen molar-refractivity contribution in [1.29, 1.82) is 0 Å². The predicted octanol–water partition coefficient (Wildman–Crippen LogP) is 2.73. The highest BCUT2D eigenvalue weighted by Crippen LogP contribution is 2.39. The van der Waals surface area contributed by atoms with E-state index in [1.807, 2.05) is 0 Å². The number of nitro groups is 1. The Kier molecular flexibility index (Phi) is 4.78. The summed E-state index contributed by atoms with van der Waals surface area (Å²) in [6.45, 7) is 1.25. The van der Waals surface area contributed by atoms with Crippen LogP contribution in [-0.2, 0) is 0 Å². The van der Waals surface area contributed by atoms with E-state index in [1.165, 1.54) is 38.3 Å². The number of hydrogen-bond donors (Lipinski definition) is 1. The van der Waals surface area contributed by atoms with Crippen molar-refractivity contribution in [2.75, 3.05) is 7.11 Å². The molecule has 0 atom stereocenters. The molecule has 0 aliphatic heterocycles. The number of phenols is 1. The zero-order valence-electron chi connectivity index (χ0n) is 12.8. The molecule has 1 N–H and O–H groups in total. The minimum absolute atomic E-state index is 0.0256. The number of hydrogen-bond acceptors (Lipinski definition) is 7. The van der Waals surface area contributed by atoms with E-state index in [0.717, 1.165) is 12.1 Å². The average molecular weight is 331 g/mol. The Bertz CT molecular complexity index is 812. The van der Waals surface area contributed by atoms with E-state index in [0.29, 0.717) is 0 Å². The molecular weight excluding hydrogens is 318 g/mol. The molecule has 0 aliphatic carbocycles. The molecule has 0 heterocycles. The van der Waals surface area contributed by atoms with Crippen molar-refractivity contribution < 1.29 is 29.1 Å². The minimum atomic E-state index is -0.862. The second-order valence-electron chi connectivity index (χ2n) is 4.74. The third-order valence-corrected chi connectivity index (χ3v) is 3.20. The van der Waals surface area contributed by atoms with Crippen LogP contribution < -0.4 is 9.47 Å². The highest BCUT2D eigenvalue weighted by molar-refractivity contribution is 5.99. The number of ether oxygens (including phenoxy) is 2. The first kappa shape index (κ1) is 16.9. The second kappa shape index (κ2) is 6.78. The molecule has 0 unspecified atom stereocenters. The monoisotopic (exact) mass is 331 g/mol. The Morgan fingerprint density at radius 1 is 1.12 bits per heavy atom. The fourth-order valence-corrected chi connectivity index (χ4v) is 1.97. The fraction of sp³-hybridized carbons (Fsp3) is 0.125. The number of benzene rings is 2. The van der Waals surface area contributed by atoms with Crippen LogP contribution in [0, 0.1) is 10.1 Å². The zero-order chi connectivity index (χ0) is 17.9.